The molecule has 1 aliphatic rings. The van der Waals surface area contributed by atoms with Crippen LogP contribution < -0.4 is 11.5 Å². The number of rotatable bonds is 10. The fourth-order valence-corrected chi connectivity index (χ4v) is 5.08. The average molecular weight is 877 g/mol. The van der Waals surface area contributed by atoms with E-state index in [1.165, 1.54) is 0 Å². The number of alkyl halides is 6. The molecule has 272 valence electrons. The first-order valence-electron chi connectivity index (χ1n) is 13.6. The van der Waals surface area contributed by atoms with Crippen LogP contribution in [0.2, 0.25) is 10.0 Å². The molecule has 0 bridgehead atoms. The molecule has 3 rings (SSSR count). The number of amides is 4. The van der Waals surface area contributed by atoms with Crippen molar-refractivity contribution < 1.29 is 60.5 Å². The Hall–Kier alpha value is -2.97. The molecule has 2 aromatic carbocycles. The predicted octanol–water partition coefficient (Wildman–Crippen LogP) is 6.05. The molecular formula is C28H28Br2Cl2F6N4O7. The van der Waals surface area contributed by atoms with Crippen molar-refractivity contribution in [3.05, 3.63) is 66.5 Å². The fourth-order valence-electron chi connectivity index (χ4n) is 4.18. The number of nitrogens with two attached hydrogens (primary N) is 2. The number of aliphatic carboxylic acids is 2. The molecule has 4 amide bonds. The van der Waals surface area contributed by atoms with Crippen molar-refractivity contribution in [1.82, 2.24) is 9.80 Å². The van der Waals surface area contributed by atoms with Crippen LogP contribution in [0.25, 0.3) is 0 Å². The number of hydrogen-bond acceptors (Lipinski definition) is 7. The van der Waals surface area contributed by atoms with E-state index in [0.717, 1.165) is 9.80 Å². The molecule has 21 heteroatoms. The summed E-state index contributed by atoms with van der Waals surface area (Å²) in [6.45, 7) is 0.825. The summed E-state index contributed by atoms with van der Waals surface area (Å²) in [7, 11) is 0. The molecule has 6 N–H and O–H groups in total. The minimum atomic E-state index is -5.08. The zero-order valence-electron chi connectivity index (χ0n) is 24.9. The van der Waals surface area contributed by atoms with Gasteiger partial charge in [0.1, 0.15) is 5.41 Å². The van der Waals surface area contributed by atoms with Gasteiger partial charge in [-0.25, -0.2) is 14.4 Å². The van der Waals surface area contributed by atoms with Gasteiger partial charge in [0.25, 0.3) is 0 Å². The van der Waals surface area contributed by atoms with Crippen LogP contribution in [0, 0.1) is 5.41 Å². The second-order valence-corrected chi connectivity index (χ2v) is 12.5. The van der Waals surface area contributed by atoms with E-state index < -0.39 is 47.6 Å². The van der Waals surface area contributed by atoms with Gasteiger partial charge in [-0.3, -0.25) is 19.4 Å². The van der Waals surface area contributed by atoms with Crippen LogP contribution in [0.3, 0.4) is 0 Å². The first-order chi connectivity index (χ1) is 22.5. The summed E-state index contributed by atoms with van der Waals surface area (Å²) in [5, 5.41) is 15.2. The topological polar surface area (TPSA) is 184 Å². The summed E-state index contributed by atoms with van der Waals surface area (Å²) >= 11 is 19.4. The Morgan fingerprint density at radius 2 is 1.02 bits per heavy atom. The molecule has 0 aromatic heterocycles. The second kappa shape index (κ2) is 18.9. The molecule has 0 saturated carbocycles. The monoisotopic (exact) mass is 874 g/mol. The summed E-state index contributed by atoms with van der Waals surface area (Å²) in [5.41, 5.74) is 11.1. The molecule has 11 nitrogen and oxygen atoms in total. The number of halogens is 10. The van der Waals surface area contributed by atoms with E-state index in [1.807, 2.05) is 0 Å². The lowest BCUT2D eigenvalue weighted by Gasteiger charge is -2.44. The van der Waals surface area contributed by atoms with Gasteiger partial charge in [0.15, 0.2) is 0 Å². The largest absolute Gasteiger partial charge is 0.490 e. The van der Waals surface area contributed by atoms with E-state index in [9.17, 15) is 40.7 Å². The molecule has 0 unspecified atom stereocenters. The number of barbiturate groups is 1. The minimum Gasteiger partial charge on any atom is -0.475 e. The molecule has 0 atom stereocenters. The van der Waals surface area contributed by atoms with E-state index in [0.29, 0.717) is 56.0 Å². The highest BCUT2D eigenvalue weighted by atomic mass is 79.9. The molecular weight excluding hydrogens is 849 g/mol. The SMILES string of the molecule is NCCCN1C(=O)N(CCCN)C(=O)C(Cc2ccc(Br)c(Cl)c2)(Cc2ccc(Br)c(Cl)c2)C1=O.O=C(O)C(F)(F)F.O=C(O)C(F)(F)F. The Morgan fingerprint density at radius 3 is 1.27 bits per heavy atom. The third-order valence-corrected chi connectivity index (χ3v) is 8.87. The van der Waals surface area contributed by atoms with Crippen molar-refractivity contribution >= 4 is 84.8 Å². The lowest BCUT2D eigenvalue weighted by Crippen LogP contribution is -2.67. The van der Waals surface area contributed by atoms with Crippen LogP contribution in [0.5, 0.6) is 0 Å². The molecule has 0 radical (unpaired) electrons. The van der Waals surface area contributed by atoms with Crippen LogP contribution in [-0.4, -0.2) is 88.3 Å². The van der Waals surface area contributed by atoms with E-state index >= 15 is 0 Å². The van der Waals surface area contributed by atoms with E-state index in [2.05, 4.69) is 31.9 Å². The average Bonchev–Trinajstić information content (AvgIpc) is 2.99. The maximum Gasteiger partial charge on any atom is 0.490 e. The highest BCUT2D eigenvalue weighted by molar-refractivity contribution is 9.10. The van der Waals surface area contributed by atoms with Gasteiger partial charge in [-0.1, -0.05) is 35.3 Å². The van der Waals surface area contributed by atoms with Gasteiger partial charge in [0, 0.05) is 22.0 Å². The van der Waals surface area contributed by atoms with Crippen molar-refractivity contribution in [2.45, 2.75) is 38.0 Å². The lowest BCUT2D eigenvalue weighted by atomic mass is 9.72. The second-order valence-electron chi connectivity index (χ2n) is 10.0. The van der Waals surface area contributed by atoms with E-state index in [-0.39, 0.29) is 25.9 Å². The number of hydrogen-bond donors (Lipinski definition) is 4. The molecule has 0 spiro atoms. The van der Waals surface area contributed by atoms with Crippen molar-refractivity contribution in [1.29, 1.82) is 0 Å². The number of nitrogens with zero attached hydrogens (tertiary/aromatic N) is 2. The zero-order valence-corrected chi connectivity index (χ0v) is 29.6. The maximum absolute atomic E-state index is 14.0. The Labute approximate surface area is 301 Å². The summed E-state index contributed by atoms with van der Waals surface area (Å²) in [4.78, 5) is 61.3. The first-order valence-corrected chi connectivity index (χ1v) is 15.9. The van der Waals surface area contributed by atoms with Crippen molar-refractivity contribution in [2.24, 2.45) is 16.9 Å². The third kappa shape index (κ3) is 12.7. The molecule has 49 heavy (non-hydrogen) atoms. The number of benzene rings is 2. The highest BCUT2D eigenvalue weighted by Gasteiger charge is 2.57. The third-order valence-electron chi connectivity index (χ3n) is 6.41. The zero-order chi connectivity index (χ0) is 37.9. The Morgan fingerprint density at radius 1 is 0.714 bits per heavy atom. The van der Waals surface area contributed by atoms with E-state index in [4.69, 9.17) is 54.5 Å². The maximum atomic E-state index is 14.0. The molecule has 1 aliphatic heterocycles. The summed E-state index contributed by atoms with van der Waals surface area (Å²) in [6.07, 6.45) is -9.23. The predicted molar refractivity (Wildman–Crippen MR) is 172 cm³/mol. The first kappa shape index (κ1) is 44.1. The van der Waals surface area contributed by atoms with Gasteiger partial charge in [-0.15, -0.1) is 0 Å². The highest BCUT2D eigenvalue weighted by Crippen LogP contribution is 2.39. The standard InChI is InChI=1S/C24H26Br2Cl2N4O3.2C2HF3O2/c25-17-5-3-15(11-19(17)27)13-24(14-16-4-6-18(26)20(28)12-16)21(33)31(9-1-7-29)23(35)32(22(24)34)10-2-8-30;2*3-2(4,5)1(6)7/h3-6,11-12H,1-2,7-10,13-14,29-30H2;2*(H,6,7). The van der Waals surface area contributed by atoms with Gasteiger partial charge in [0.2, 0.25) is 11.8 Å². The molecule has 1 heterocycles. The van der Waals surface area contributed by atoms with Crippen LogP contribution in [0.4, 0.5) is 31.1 Å². The number of imide groups is 2. The van der Waals surface area contributed by atoms with Crippen molar-refractivity contribution in [3.63, 3.8) is 0 Å². The quantitative estimate of drug-likeness (QED) is 0.163. The number of carbonyl (C=O) groups is 5. The number of carbonyl (C=O) groups excluding carboxylic acids is 3. The Balaban J connectivity index is 0.000000717. The Kier molecular flexibility index (Phi) is 17.0. The Bertz CT molecular complexity index is 1420. The van der Waals surface area contributed by atoms with Crippen molar-refractivity contribution in [3.8, 4) is 0 Å². The minimum absolute atomic E-state index is 0.0525. The van der Waals surface area contributed by atoms with Gasteiger partial charge >= 0.3 is 30.3 Å². The fraction of sp³-hybridized carbons (Fsp3) is 0.393. The van der Waals surface area contributed by atoms with Crippen molar-refractivity contribution in [2.75, 3.05) is 26.2 Å². The molecule has 2 aromatic rings. The van der Waals surface area contributed by atoms with Gasteiger partial charge < -0.3 is 21.7 Å². The van der Waals surface area contributed by atoms with Crippen LogP contribution >= 0.6 is 55.1 Å². The summed E-state index contributed by atoms with van der Waals surface area (Å²) in [6, 6.07) is 9.93. The molecule has 0 aliphatic carbocycles. The van der Waals surface area contributed by atoms with Crippen LogP contribution in [0.1, 0.15) is 24.0 Å². The lowest BCUT2D eigenvalue weighted by molar-refractivity contribution is -0.193. The number of carboxylic acids is 2. The van der Waals surface area contributed by atoms with Gasteiger partial charge in [-0.2, -0.15) is 26.3 Å². The number of carboxylic acid groups (broad SMARTS) is 2. The normalized spacial score (nSPS) is 14.5. The summed E-state index contributed by atoms with van der Waals surface area (Å²) in [5.74, 6) is -6.62. The van der Waals surface area contributed by atoms with Crippen LogP contribution in [0.15, 0.2) is 45.3 Å². The van der Waals surface area contributed by atoms with Crippen LogP contribution in [-0.2, 0) is 32.0 Å². The smallest absolute Gasteiger partial charge is 0.475 e. The number of urea groups is 1. The molecule has 1 fully saturated rings. The summed E-state index contributed by atoms with van der Waals surface area (Å²) < 4.78 is 64.9. The van der Waals surface area contributed by atoms with Gasteiger partial charge in [0.05, 0.1) is 10.0 Å². The van der Waals surface area contributed by atoms with Gasteiger partial charge in [-0.05, 0) is 106 Å². The molecule has 1 saturated heterocycles. The van der Waals surface area contributed by atoms with E-state index in [1.54, 1.807) is 36.4 Å².